The van der Waals surface area contributed by atoms with Gasteiger partial charge >= 0.3 is 5.97 Å². The maximum absolute atomic E-state index is 12.1. The van der Waals surface area contributed by atoms with Crippen molar-refractivity contribution in [1.82, 2.24) is 19.4 Å². The van der Waals surface area contributed by atoms with E-state index in [1.807, 2.05) is 54.0 Å². The summed E-state index contributed by atoms with van der Waals surface area (Å²) in [7, 11) is 1.92. The molecule has 0 saturated carbocycles. The van der Waals surface area contributed by atoms with Crippen LogP contribution in [0.3, 0.4) is 0 Å². The van der Waals surface area contributed by atoms with Crippen LogP contribution in [0, 0.1) is 5.92 Å². The van der Waals surface area contributed by atoms with Crippen molar-refractivity contribution in [1.29, 1.82) is 0 Å². The zero-order chi connectivity index (χ0) is 22.1. The molecule has 6 nitrogen and oxygen atoms in total. The average molecular weight is 427 g/mol. The minimum absolute atomic E-state index is 0.0390. The van der Waals surface area contributed by atoms with Gasteiger partial charge in [0.2, 0.25) is 0 Å². The number of carbonyl (C=O) groups is 1. The molecule has 0 saturated heterocycles. The highest BCUT2D eigenvalue weighted by molar-refractivity contribution is 5.91. The Bertz CT molecular complexity index is 1300. The van der Waals surface area contributed by atoms with Crippen LogP contribution >= 0.6 is 0 Å². The summed E-state index contributed by atoms with van der Waals surface area (Å²) in [5, 5.41) is 8.87. The molecule has 32 heavy (non-hydrogen) atoms. The number of rotatable bonds is 5. The first-order valence-electron chi connectivity index (χ1n) is 11.1. The van der Waals surface area contributed by atoms with Crippen molar-refractivity contribution in [3.05, 3.63) is 72.8 Å². The predicted octanol–water partition coefficient (Wildman–Crippen LogP) is 5.15. The lowest BCUT2D eigenvalue weighted by Crippen LogP contribution is -2.19. The van der Waals surface area contributed by atoms with E-state index in [-0.39, 0.29) is 11.9 Å². The van der Waals surface area contributed by atoms with Crippen LogP contribution in [0.2, 0.25) is 0 Å². The molecule has 1 unspecified atom stereocenters. The molecule has 0 fully saturated rings. The fourth-order valence-corrected chi connectivity index (χ4v) is 4.48. The van der Waals surface area contributed by atoms with Gasteiger partial charge in [-0.1, -0.05) is 36.4 Å². The van der Waals surface area contributed by atoms with Gasteiger partial charge in [-0.15, -0.1) is 0 Å². The second-order valence-electron chi connectivity index (χ2n) is 8.21. The molecule has 0 spiro atoms. The standard InChI is InChI=1S/C26H26N4O2/c1-3-32-26(31)21-12-10-19(11-13-21)23-5-4-14-30-25(23)24(16-28-30)20-8-6-18(7-9-20)22-15-27-29(2)17-22/h4-10,14-17,21H,3,11-13H2,1-2H3. The quantitative estimate of drug-likeness (QED) is 0.414. The molecular formula is C26H26N4O2. The summed E-state index contributed by atoms with van der Waals surface area (Å²) in [6.07, 6.45) is 12.4. The van der Waals surface area contributed by atoms with E-state index in [9.17, 15) is 4.79 Å². The summed E-state index contributed by atoms with van der Waals surface area (Å²) in [5.74, 6) is -0.123. The maximum atomic E-state index is 12.1. The number of fused-ring (bicyclic) bond motifs is 1. The van der Waals surface area contributed by atoms with Crippen LogP contribution in [0.15, 0.2) is 67.3 Å². The number of allylic oxidation sites excluding steroid dienone is 2. The number of ether oxygens (including phenoxy) is 1. The summed E-state index contributed by atoms with van der Waals surface area (Å²) in [4.78, 5) is 12.1. The fourth-order valence-electron chi connectivity index (χ4n) is 4.48. The van der Waals surface area contributed by atoms with Crippen molar-refractivity contribution in [3.8, 4) is 22.3 Å². The summed E-state index contributed by atoms with van der Waals surface area (Å²) >= 11 is 0. The molecule has 4 aromatic rings. The van der Waals surface area contributed by atoms with E-state index in [0.29, 0.717) is 6.61 Å². The van der Waals surface area contributed by atoms with Gasteiger partial charge in [0.15, 0.2) is 0 Å². The maximum Gasteiger partial charge on any atom is 0.309 e. The summed E-state index contributed by atoms with van der Waals surface area (Å²) in [5.41, 5.74) is 8.01. The van der Waals surface area contributed by atoms with E-state index in [4.69, 9.17) is 4.74 Å². The number of nitrogens with zero attached hydrogens (tertiary/aromatic N) is 4. The number of aromatic nitrogens is 4. The molecule has 0 aliphatic heterocycles. The number of aryl methyl sites for hydroxylation is 1. The van der Waals surface area contributed by atoms with E-state index >= 15 is 0 Å². The molecule has 0 radical (unpaired) electrons. The lowest BCUT2D eigenvalue weighted by atomic mass is 9.86. The van der Waals surface area contributed by atoms with Gasteiger partial charge in [0.05, 0.1) is 30.4 Å². The van der Waals surface area contributed by atoms with Crippen LogP contribution in [-0.2, 0) is 16.6 Å². The second-order valence-corrected chi connectivity index (χ2v) is 8.21. The third kappa shape index (κ3) is 3.73. The second kappa shape index (κ2) is 8.46. The highest BCUT2D eigenvalue weighted by Crippen LogP contribution is 2.36. The highest BCUT2D eigenvalue weighted by atomic mass is 16.5. The molecular weight excluding hydrogens is 400 g/mol. The van der Waals surface area contributed by atoms with E-state index in [1.165, 1.54) is 11.1 Å². The van der Waals surface area contributed by atoms with Crippen molar-refractivity contribution in [2.24, 2.45) is 13.0 Å². The van der Waals surface area contributed by atoms with Gasteiger partial charge in [-0.2, -0.15) is 10.2 Å². The first-order chi connectivity index (χ1) is 15.6. The average Bonchev–Trinajstić information content (AvgIpc) is 3.46. The first kappa shape index (κ1) is 20.2. The minimum Gasteiger partial charge on any atom is -0.466 e. The predicted molar refractivity (Wildman–Crippen MR) is 125 cm³/mol. The Kier molecular flexibility index (Phi) is 5.35. The Morgan fingerprint density at radius 1 is 1.06 bits per heavy atom. The molecule has 1 aliphatic rings. The first-order valence-corrected chi connectivity index (χ1v) is 11.1. The van der Waals surface area contributed by atoms with Gasteiger partial charge in [-0.3, -0.25) is 9.48 Å². The molecule has 0 amide bonds. The van der Waals surface area contributed by atoms with Crippen LogP contribution in [0.1, 0.15) is 31.7 Å². The van der Waals surface area contributed by atoms with E-state index in [2.05, 4.69) is 46.6 Å². The topological polar surface area (TPSA) is 61.4 Å². The summed E-state index contributed by atoms with van der Waals surface area (Å²) in [6.45, 7) is 2.29. The zero-order valence-corrected chi connectivity index (χ0v) is 18.4. The molecule has 0 bridgehead atoms. The molecule has 1 aromatic carbocycles. The van der Waals surface area contributed by atoms with Gasteiger partial charge in [0.1, 0.15) is 0 Å². The van der Waals surface area contributed by atoms with Gasteiger partial charge in [0, 0.05) is 36.1 Å². The normalized spacial score (nSPS) is 16.2. The lowest BCUT2D eigenvalue weighted by Gasteiger charge is -2.21. The third-order valence-corrected chi connectivity index (χ3v) is 6.15. The van der Waals surface area contributed by atoms with Crippen LogP contribution in [0.25, 0.3) is 33.3 Å². The molecule has 1 atom stereocenters. The zero-order valence-electron chi connectivity index (χ0n) is 18.4. The molecule has 1 aliphatic carbocycles. The van der Waals surface area contributed by atoms with Crippen LogP contribution in [0.5, 0.6) is 0 Å². The van der Waals surface area contributed by atoms with Crippen LogP contribution in [-0.4, -0.2) is 32.0 Å². The number of hydrogen-bond acceptors (Lipinski definition) is 4. The Labute approximate surface area is 187 Å². The molecule has 6 heteroatoms. The lowest BCUT2D eigenvalue weighted by molar-refractivity contribution is -0.148. The summed E-state index contributed by atoms with van der Waals surface area (Å²) in [6, 6.07) is 12.7. The Hall–Kier alpha value is -3.67. The molecule has 5 rings (SSSR count). The highest BCUT2D eigenvalue weighted by Gasteiger charge is 2.24. The van der Waals surface area contributed by atoms with Crippen molar-refractivity contribution in [3.63, 3.8) is 0 Å². The SMILES string of the molecule is CCOC(=O)C1CC=C(c2cccn3ncc(-c4ccc(-c5cnn(C)c5)cc4)c23)CC1. The van der Waals surface area contributed by atoms with E-state index in [0.717, 1.165) is 47.0 Å². The number of hydrogen-bond donors (Lipinski definition) is 0. The van der Waals surface area contributed by atoms with Gasteiger partial charge in [0.25, 0.3) is 0 Å². The Morgan fingerprint density at radius 3 is 2.56 bits per heavy atom. The number of esters is 1. The summed E-state index contributed by atoms with van der Waals surface area (Å²) < 4.78 is 8.97. The van der Waals surface area contributed by atoms with Crippen molar-refractivity contribution in [2.75, 3.05) is 6.61 Å². The number of carbonyl (C=O) groups excluding carboxylic acids is 1. The van der Waals surface area contributed by atoms with Crippen LogP contribution in [0.4, 0.5) is 0 Å². The molecule has 0 N–H and O–H groups in total. The monoisotopic (exact) mass is 426 g/mol. The number of pyridine rings is 1. The van der Waals surface area contributed by atoms with E-state index in [1.54, 1.807) is 0 Å². The van der Waals surface area contributed by atoms with Crippen molar-refractivity contribution >= 4 is 17.1 Å². The van der Waals surface area contributed by atoms with E-state index < -0.39 is 0 Å². The Morgan fingerprint density at radius 2 is 1.88 bits per heavy atom. The van der Waals surface area contributed by atoms with Gasteiger partial charge in [-0.25, -0.2) is 4.52 Å². The molecule has 3 aromatic heterocycles. The number of benzene rings is 1. The largest absolute Gasteiger partial charge is 0.466 e. The smallest absolute Gasteiger partial charge is 0.309 e. The van der Waals surface area contributed by atoms with Crippen molar-refractivity contribution in [2.45, 2.75) is 26.2 Å². The Balaban J connectivity index is 1.48. The minimum atomic E-state index is -0.0836. The molecule has 3 heterocycles. The third-order valence-electron chi connectivity index (χ3n) is 6.15. The van der Waals surface area contributed by atoms with Gasteiger partial charge < -0.3 is 4.74 Å². The molecule has 162 valence electrons. The van der Waals surface area contributed by atoms with Crippen LogP contribution < -0.4 is 0 Å². The van der Waals surface area contributed by atoms with Crippen molar-refractivity contribution < 1.29 is 9.53 Å². The van der Waals surface area contributed by atoms with Gasteiger partial charge in [-0.05, 0) is 49.0 Å². The fraction of sp³-hybridized carbons (Fsp3) is 0.269.